The van der Waals surface area contributed by atoms with Gasteiger partial charge < -0.3 is 5.32 Å². The van der Waals surface area contributed by atoms with Crippen molar-refractivity contribution in [3.05, 3.63) is 0 Å². The van der Waals surface area contributed by atoms with Crippen molar-refractivity contribution >= 4 is 5.91 Å². The number of amides is 1. The maximum atomic E-state index is 11.9. The lowest BCUT2D eigenvalue weighted by Gasteiger charge is -2.30. The number of nitrogens with one attached hydrogen (secondary N) is 1. The van der Waals surface area contributed by atoms with E-state index in [9.17, 15) is 4.79 Å². The number of rotatable bonds is 2. The van der Waals surface area contributed by atoms with Crippen LogP contribution < -0.4 is 5.32 Å². The highest BCUT2D eigenvalue weighted by Gasteiger charge is 2.27. The van der Waals surface area contributed by atoms with Gasteiger partial charge in [0.05, 0.1) is 0 Å². The van der Waals surface area contributed by atoms with Gasteiger partial charge >= 0.3 is 0 Å². The Morgan fingerprint density at radius 1 is 1.00 bits per heavy atom. The van der Waals surface area contributed by atoms with Crippen LogP contribution in [0.25, 0.3) is 0 Å². The van der Waals surface area contributed by atoms with Gasteiger partial charge in [0.15, 0.2) is 0 Å². The van der Waals surface area contributed by atoms with E-state index in [0.29, 0.717) is 23.8 Å². The Morgan fingerprint density at radius 3 is 2.27 bits per heavy atom. The fourth-order valence-electron chi connectivity index (χ4n) is 3.02. The van der Waals surface area contributed by atoms with Crippen LogP contribution >= 0.6 is 0 Å². The molecule has 0 spiro atoms. The Kier molecular flexibility index (Phi) is 3.66. The lowest BCUT2D eigenvalue weighted by molar-refractivity contribution is -0.126. The Labute approximate surface area is 92.8 Å². The number of carbonyl (C=O) groups is 1. The summed E-state index contributed by atoms with van der Waals surface area (Å²) < 4.78 is 0. The molecule has 0 aliphatic heterocycles. The van der Waals surface area contributed by atoms with Gasteiger partial charge in [-0.1, -0.05) is 32.6 Å². The average Bonchev–Trinajstić information content (AvgIpc) is 2.74. The molecule has 0 heterocycles. The summed E-state index contributed by atoms with van der Waals surface area (Å²) in [6.07, 6.45) is 9.85. The molecule has 0 aromatic carbocycles. The molecule has 0 saturated heterocycles. The van der Waals surface area contributed by atoms with Gasteiger partial charge in [-0.15, -0.1) is 0 Å². The summed E-state index contributed by atoms with van der Waals surface area (Å²) in [4.78, 5) is 11.9. The smallest absolute Gasteiger partial charge is 0.223 e. The lowest BCUT2D eigenvalue weighted by atomic mass is 9.85. The average molecular weight is 209 g/mol. The van der Waals surface area contributed by atoms with E-state index in [2.05, 4.69) is 12.2 Å². The van der Waals surface area contributed by atoms with E-state index in [1.807, 2.05) is 0 Å². The first-order valence-electron chi connectivity index (χ1n) is 6.58. The van der Waals surface area contributed by atoms with Crippen molar-refractivity contribution in [2.75, 3.05) is 0 Å². The Morgan fingerprint density at radius 2 is 1.60 bits per heavy atom. The molecule has 2 heteroatoms. The molecule has 1 amide bonds. The van der Waals surface area contributed by atoms with E-state index >= 15 is 0 Å². The molecular formula is C13H23NO. The molecule has 2 atom stereocenters. The highest BCUT2D eigenvalue weighted by Crippen LogP contribution is 2.27. The minimum atomic E-state index is 0.333. The summed E-state index contributed by atoms with van der Waals surface area (Å²) in [6.45, 7) is 2.28. The quantitative estimate of drug-likeness (QED) is 0.744. The molecule has 2 nitrogen and oxygen atoms in total. The van der Waals surface area contributed by atoms with E-state index < -0.39 is 0 Å². The van der Waals surface area contributed by atoms with Crippen molar-refractivity contribution in [2.45, 2.75) is 64.3 Å². The van der Waals surface area contributed by atoms with Crippen LogP contribution in [0.15, 0.2) is 0 Å². The van der Waals surface area contributed by atoms with Crippen LogP contribution in [0.4, 0.5) is 0 Å². The maximum Gasteiger partial charge on any atom is 0.223 e. The molecule has 86 valence electrons. The van der Waals surface area contributed by atoms with Crippen LogP contribution in [0.2, 0.25) is 0 Å². The fraction of sp³-hybridized carbons (Fsp3) is 0.923. The monoisotopic (exact) mass is 209 g/mol. The van der Waals surface area contributed by atoms with E-state index in [4.69, 9.17) is 0 Å². The third-order valence-corrected chi connectivity index (χ3v) is 4.17. The van der Waals surface area contributed by atoms with Crippen molar-refractivity contribution in [2.24, 2.45) is 11.8 Å². The largest absolute Gasteiger partial charge is 0.353 e. The van der Waals surface area contributed by atoms with Crippen LogP contribution in [0.3, 0.4) is 0 Å². The molecule has 1 N–H and O–H groups in total. The van der Waals surface area contributed by atoms with E-state index in [-0.39, 0.29) is 0 Å². The van der Waals surface area contributed by atoms with Crippen molar-refractivity contribution < 1.29 is 4.79 Å². The standard InChI is InChI=1S/C13H23NO/c1-10-6-2-5-9-12(10)14-13(15)11-7-3-4-8-11/h10-12H,2-9H2,1H3,(H,14,15). The molecule has 2 aliphatic rings. The second-order valence-electron chi connectivity index (χ2n) is 5.36. The third kappa shape index (κ3) is 2.73. The van der Waals surface area contributed by atoms with E-state index in [1.54, 1.807) is 0 Å². The summed E-state index contributed by atoms with van der Waals surface area (Å²) in [5.74, 6) is 1.36. The first-order chi connectivity index (χ1) is 7.27. The molecule has 0 bridgehead atoms. The Bertz CT molecular complexity index is 221. The van der Waals surface area contributed by atoms with Gasteiger partial charge in [0.25, 0.3) is 0 Å². The second-order valence-corrected chi connectivity index (χ2v) is 5.36. The highest BCUT2D eigenvalue weighted by atomic mass is 16.1. The van der Waals surface area contributed by atoms with Crippen LogP contribution in [0.1, 0.15) is 58.3 Å². The second kappa shape index (κ2) is 5.00. The maximum absolute atomic E-state index is 11.9. The third-order valence-electron chi connectivity index (χ3n) is 4.17. The molecule has 2 unspecified atom stereocenters. The zero-order valence-corrected chi connectivity index (χ0v) is 9.80. The first kappa shape index (κ1) is 11.0. The molecule has 15 heavy (non-hydrogen) atoms. The molecular weight excluding hydrogens is 186 g/mol. The summed E-state index contributed by atoms with van der Waals surface area (Å²) in [7, 11) is 0. The van der Waals surface area contributed by atoms with Crippen LogP contribution in [-0.4, -0.2) is 11.9 Å². The summed E-state index contributed by atoms with van der Waals surface area (Å²) in [5, 5.41) is 3.27. The molecule has 2 saturated carbocycles. The van der Waals surface area contributed by atoms with Crippen LogP contribution in [0.5, 0.6) is 0 Å². The number of carbonyl (C=O) groups excluding carboxylic acids is 1. The zero-order valence-electron chi connectivity index (χ0n) is 9.80. The predicted octanol–water partition coefficient (Wildman–Crippen LogP) is 2.87. The molecule has 2 aliphatic carbocycles. The molecule has 0 aromatic heterocycles. The van der Waals surface area contributed by atoms with Crippen molar-refractivity contribution in [3.63, 3.8) is 0 Å². The molecule has 0 aromatic rings. The van der Waals surface area contributed by atoms with Crippen molar-refractivity contribution in [3.8, 4) is 0 Å². The van der Waals surface area contributed by atoms with Gasteiger partial charge in [-0.25, -0.2) is 0 Å². The Hall–Kier alpha value is -0.530. The molecule has 2 rings (SSSR count). The fourth-order valence-corrected chi connectivity index (χ4v) is 3.02. The number of hydrogen-bond acceptors (Lipinski definition) is 1. The van der Waals surface area contributed by atoms with Gasteiger partial charge in [-0.3, -0.25) is 4.79 Å². The molecule has 0 radical (unpaired) electrons. The van der Waals surface area contributed by atoms with Gasteiger partial charge in [0, 0.05) is 12.0 Å². The lowest BCUT2D eigenvalue weighted by Crippen LogP contribution is -2.43. The predicted molar refractivity (Wildman–Crippen MR) is 61.5 cm³/mol. The zero-order chi connectivity index (χ0) is 10.7. The van der Waals surface area contributed by atoms with Gasteiger partial charge in [0.1, 0.15) is 0 Å². The summed E-state index contributed by atoms with van der Waals surface area (Å²) in [6, 6.07) is 0.465. The van der Waals surface area contributed by atoms with E-state index in [0.717, 1.165) is 12.8 Å². The Balaban J connectivity index is 1.81. The first-order valence-corrected chi connectivity index (χ1v) is 6.58. The van der Waals surface area contributed by atoms with Gasteiger partial charge in [-0.05, 0) is 31.6 Å². The molecule has 2 fully saturated rings. The van der Waals surface area contributed by atoms with Crippen LogP contribution in [0, 0.1) is 11.8 Å². The van der Waals surface area contributed by atoms with Crippen LogP contribution in [-0.2, 0) is 4.79 Å². The summed E-state index contributed by atoms with van der Waals surface area (Å²) in [5.41, 5.74) is 0. The van der Waals surface area contributed by atoms with Crippen molar-refractivity contribution in [1.82, 2.24) is 5.32 Å². The SMILES string of the molecule is CC1CCCCC1NC(=O)C1CCCC1. The van der Waals surface area contributed by atoms with E-state index in [1.165, 1.54) is 38.5 Å². The minimum Gasteiger partial charge on any atom is -0.353 e. The summed E-state index contributed by atoms with van der Waals surface area (Å²) >= 11 is 0. The van der Waals surface area contributed by atoms with Gasteiger partial charge in [0.2, 0.25) is 5.91 Å². The topological polar surface area (TPSA) is 29.1 Å². The number of hydrogen-bond donors (Lipinski definition) is 1. The minimum absolute atomic E-state index is 0.333. The highest BCUT2D eigenvalue weighted by molar-refractivity contribution is 5.79. The van der Waals surface area contributed by atoms with Gasteiger partial charge in [-0.2, -0.15) is 0 Å². The normalized spacial score (nSPS) is 32.9. The van der Waals surface area contributed by atoms with Crippen molar-refractivity contribution in [1.29, 1.82) is 0 Å².